The van der Waals surface area contributed by atoms with E-state index in [2.05, 4.69) is 20.9 Å². The van der Waals surface area contributed by atoms with E-state index in [1.54, 1.807) is 0 Å². The zero-order valence-corrected chi connectivity index (χ0v) is 11.9. The molecule has 0 amide bonds. The molecule has 3 atom stereocenters. The van der Waals surface area contributed by atoms with Crippen molar-refractivity contribution in [2.45, 2.75) is 18.6 Å². The van der Waals surface area contributed by atoms with E-state index in [-0.39, 0.29) is 12.0 Å². The minimum atomic E-state index is -0.994. The van der Waals surface area contributed by atoms with E-state index < -0.39 is 41.7 Å². The number of aromatic amines is 1. The highest BCUT2D eigenvalue weighted by atomic mass is 79.9. The number of aromatic nitrogens is 2. The summed E-state index contributed by atoms with van der Waals surface area (Å²) in [5, 5.41) is 18.8. The van der Waals surface area contributed by atoms with Crippen LogP contribution < -0.4 is 11.2 Å². The maximum Gasteiger partial charge on any atom is 0.329 e. The molecule has 1 saturated carbocycles. The molecule has 3 unspecified atom stereocenters. The predicted molar refractivity (Wildman–Crippen MR) is 74.5 cm³/mol. The Bertz CT molecular complexity index is 663. The maximum absolute atomic E-state index is 12.1. The molecule has 1 fully saturated rings. The monoisotopic (exact) mass is 344 g/mol. The van der Waals surface area contributed by atoms with Crippen LogP contribution in [0.15, 0.2) is 20.8 Å². The number of H-pyrrole nitrogens is 1. The number of carbonyl (C=O) groups is 1. The highest BCUT2D eigenvalue weighted by Gasteiger charge is 2.42. The fourth-order valence-corrected chi connectivity index (χ4v) is 2.61. The molecule has 2 rings (SSSR count). The Morgan fingerprint density at radius 2 is 2.15 bits per heavy atom. The number of carbonyl (C=O) groups excluding carboxylic acids is 1. The van der Waals surface area contributed by atoms with Crippen LogP contribution in [0.5, 0.6) is 0 Å². The van der Waals surface area contributed by atoms with E-state index in [9.17, 15) is 19.5 Å². The summed E-state index contributed by atoms with van der Waals surface area (Å²) in [5.74, 6) is -1.31. The summed E-state index contributed by atoms with van der Waals surface area (Å²) in [6, 6.07) is -0.881. The molecule has 0 bridgehead atoms. The molecule has 1 aromatic heterocycles. The van der Waals surface area contributed by atoms with Crippen molar-refractivity contribution in [1.82, 2.24) is 9.55 Å². The Balaban J connectivity index is 2.49. The lowest BCUT2D eigenvalue weighted by Gasteiger charge is -2.12. The van der Waals surface area contributed by atoms with E-state index in [0.29, 0.717) is 0 Å². The normalized spacial score (nSPS) is 26.6. The fraction of sp³-hybridized carbons (Fsp3) is 0.417. The van der Waals surface area contributed by atoms with Crippen LogP contribution in [0.1, 0.15) is 18.0 Å². The van der Waals surface area contributed by atoms with Gasteiger partial charge in [0.15, 0.2) is 5.78 Å². The van der Waals surface area contributed by atoms with E-state index in [0.717, 1.165) is 4.57 Å². The third-order valence-electron chi connectivity index (χ3n) is 3.39. The molecule has 8 heteroatoms. The Kier molecular flexibility index (Phi) is 4.36. The molecule has 3 N–H and O–H groups in total. The Morgan fingerprint density at radius 1 is 1.45 bits per heavy atom. The maximum atomic E-state index is 12.1. The highest BCUT2D eigenvalue weighted by Crippen LogP contribution is 2.30. The summed E-state index contributed by atoms with van der Waals surface area (Å²) in [6.07, 6.45) is 1.75. The third-order valence-corrected chi connectivity index (χ3v) is 3.66. The van der Waals surface area contributed by atoms with Crippen molar-refractivity contribution in [3.05, 3.63) is 37.6 Å². The largest absolute Gasteiger partial charge is 0.396 e. The standard InChI is InChI=1S/C12H13BrN2O5/c13-2-1-6-4-15(12(20)14-11(6)19)8-3-9(17)7(5-16)10(8)18/h1-2,4,7-9,16-17H,3,5H2,(H,14,19,20)/b2-1+. The van der Waals surface area contributed by atoms with E-state index in [1.807, 2.05) is 0 Å². The molecule has 0 saturated heterocycles. The lowest BCUT2D eigenvalue weighted by molar-refractivity contribution is -0.125. The van der Waals surface area contributed by atoms with Crippen LogP contribution in [-0.4, -0.2) is 38.3 Å². The van der Waals surface area contributed by atoms with Crippen molar-refractivity contribution in [3.63, 3.8) is 0 Å². The number of ketones is 1. The van der Waals surface area contributed by atoms with Crippen molar-refractivity contribution >= 4 is 27.8 Å². The number of Topliss-reactive ketones (excluding diaryl/α,β-unsaturated/α-hetero) is 1. The van der Waals surface area contributed by atoms with Gasteiger partial charge in [-0.2, -0.15) is 0 Å². The highest BCUT2D eigenvalue weighted by molar-refractivity contribution is 9.11. The topological polar surface area (TPSA) is 112 Å². The third kappa shape index (κ3) is 2.54. The molecule has 1 aliphatic carbocycles. The van der Waals surface area contributed by atoms with Crippen LogP contribution in [-0.2, 0) is 4.79 Å². The number of aliphatic hydroxyl groups is 2. The quantitative estimate of drug-likeness (QED) is 0.676. The molecule has 0 aromatic carbocycles. The van der Waals surface area contributed by atoms with Gasteiger partial charge in [-0.3, -0.25) is 19.1 Å². The first-order chi connectivity index (χ1) is 9.49. The Labute approximate surface area is 121 Å². The molecule has 1 heterocycles. The van der Waals surface area contributed by atoms with Gasteiger partial charge in [-0.25, -0.2) is 4.79 Å². The molecule has 0 spiro atoms. The molecular formula is C12H13BrN2O5. The smallest absolute Gasteiger partial charge is 0.329 e. The summed E-state index contributed by atoms with van der Waals surface area (Å²) in [6.45, 7) is -0.469. The second-order valence-corrected chi connectivity index (χ2v) is 5.08. The van der Waals surface area contributed by atoms with Gasteiger partial charge in [0.2, 0.25) is 0 Å². The molecule has 20 heavy (non-hydrogen) atoms. The summed E-state index contributed by atoms with van der Waals surface area (Å²) in [4.78, 5) is 39.0. The molecule has 1 aliphatic rings. The van der Waals surface area contributed by atoms with Crippen LogP contribution in [0, 0.1) is 5.92 Å². The van der Waals surface area contributed by atoms with Gasteiger partial charge in [0.1, 0.15) is 0 Å². The van der Waals surface area contributed by atoms with Gasteiger partial charge < -0.3 is 10.2 Å². The molecule has 108 valence electrons. The van der Waals surface area contributed by atoms with Crippen LogP contribution >= 0.6 is 15.9 Å². The van der Waals surface area contributed by atoms with E-state index in [4.69, 9.17) is 5.11 Å². The molecule has 1 aromatic rings. The van der Waals surface area contributed by atoms with Gasteiger partial charge in [0, 0.05) is 12.6 Å². The minimum absolute atomic E-state index is 0.0352. The van der Waals surface area contributed by atoms with Gasteiger partial charge in [-0.15, -0.1) is 0 Å². The summed E-state index contributed by atoms with van der Waals surface area (Å²) in [7, 11) is 0. The first kappa shape index (κ1) is 14.9. The van der Waals surface area contributed by atoms with E-state index >= 15 is 0 Å². The number of nitrogens with zero attached hydrogens (tertiary/aromatic N) is 1. The summed E-state index contributed by atoms with van der Waals surface area (Å²) < 4.78 is 1.09. The van der Waals surface area contributed by atoms with Gasteiger partial charge in [0.25, 0.3) is 5.56 Å². The Morgan fingerprint density at radius 3 is 2.70 bits per heavy atom. The number of aliphatic hydroxyl groups excluding tert-OH is 2. The first-order valence-electron chi connectivity index (χ1n) is 5.94. The van der Waals surface area contributed by atoms with Crippen molar-refractivity contribution in [2.24, 2.45) is 5.92 Å². The number of rotatable bonds is 3. The first-order valence-corrected chi connectivity index (χ1v) is 6.86. The van der Waals surface area contributed by atoms with Crippen molar-refractivity contribution < 1.29 is 15.0 Å². The average Bonchev–Trinajstić information content (AvgIpc) is 2.68. The zero-order chi connectivity index (χ0) is 14.9. The van der Waals surface area contributed by atoms with E-state index in [1.165, 1.54) is 17.3 Å². The molecule has 0 radical (unpaired) electrons. The number of hydrogen-bond donors (Lipinski definition) is 3. The number of hydrogen-bond acceptors (Lipinski definition) is 5. The van der Waals surface area contributed by atoms with Crippen molar-refractivity contribution in [1.29, 1.82) is 0 Å². The summed E-state index contributed by atoms with van der Waals surface area (Å²) in [5.41, 5.74) is -1.08. The van der Waals surface area contributed by atoms with Crippen LogP contribution in [0.2, 0.25) is 0 Å². The van der Waals surface area contributed by atoms with Gasteiger partial charge in [-0.05, 0) is 11.1 Å². The van der Waals surface area contributed by atoms with Gasteiger partial charge in [-0.1, -0.05) is 15.9 Å². The zero-order valence-electron chi connectivity index (χ0n) is 10.3. The predicted octanol–water partition coefficient (Wildman–Crippen LogP) is -0.615. The van der Waals surface area contributed by atoms with Crippen LogP contribution in [0.4, 0.5) is 0 Å². The van der Waals surface area contributed by atoms with Gasteiger partial charge in [0.05, 0.1) is 30.2 Å². The number of halogens is 1. The average molecular weight is 345 g/mol. The molecular weight excluding hydrogens is 332 g/mol. The molecule has 7 nitrogen and oxygen atoms in total. The van der Waals surface area contributed by atoms with Gasteiger partial charge >= 0.3 is 5.69 Å². The SMILES string of the molecule is O=C1C(CO)C(O)CC1n1cc(/C=C/Br)c(=O)[nH]c1=O. The molecule has 0 aliphatic heterocycles. The lowest BCUT2D eigenvalue weighted by atomic mass is 10.1. The Hall–Kier alpha value is -1.51. The van der Waals surface area contributed by atoms with Crippen LogP contribution in [0.3, 0.4) is 0 Å². The number of nitrogens with one attached hydrogen (secondary N) is 1. The minimum Gasteiger partial charge on any atom is -0.396 e. The van der Waals surface area contributed by atoms with Crippen molar-refractivity contribution in [3.8, 4) is 0 Å². The van der Waals surface area contributed by atoms with Crippen molar-refractivity contribution in [2.75, 3.05) is 6.61 Å². The lowest BCUT2D eigenvalue weighted by Crippen LogP contribution is -2.35. The van der Waals surface area contributed by atoms with Crippen LogP contribution in [0.25, 0.3) is 6.08 Å². The second-order valence-electron chi connectivity index (χ2n) is 4.55. The summed E-state index contributed by atoms with van der Waals surface area (Å²) >= 11 is 3.03. The second kappa shape index (κ2) is 5.86. The fourth-order valence-electron chi connectivity index (χ4n) is 2.33.